The Morgan fingerprint density at radius 1 is 1.37 bits per heavy atom. The molecule has 1 aromatic rings. The van der Waals surface area contributed by atoms with Crippen LogP contribution in [0.5, 0.6) is 0 Å². The molecule has 1 atom stereocenters. The van der Waals surface area contributed by atoms with E-state index in [0.29, 0.717) is 6.04 Å². The van der Waals surface area contributed by atoms with Gasteiger partial charge in [-0.3, -0.25) is 9.88 Å². The first-order valence-electron chi connectivity index (χ1n) is 7.68. The smallest absolute Gasteiger partial charge is 0.0544 e. The molecule has 2 heterocycles. The average molecular weight is 261 g/mol. The van der Waals surface area contributed by atoms with Crippen LogP contribution >= 0.6 is 0 Å². The number of hydrogen-bond donors (Lipinski definition) is 1. The summed E-state index contributed by atoms with van der Waals surface area (Å²) in [5, 5.41) is 3.41. The van der Waals surface area contributed by atoms with Crippen molar-refractivity contribution in [3.8, 4) is 0 Å². The lowest BCUT2D eigenvalue weighted by Crippen LogP contribution is -2.36. The van der Waals surface area contributed by atoms with Crippen molar-refractivity contribution in [3.05, 3.63) is 29.6 Å². The minimum atomic E-state index is 0.710. The molecule has 3 heteroatoms. The number of piperidine rings is 1. The molecule has 0 spiro atoms. The summed E-state index contributed by atoms with van der Waals surface area (Å²) in [6, 6.07) is 5.10. The summed E-state index contributed by atoms with van der Waals surface area (Å²) in [6.45, 7) is 8.76. The summed E-state index contributed by atoms with van der Waals surface area (Å²) in [5.41, 5.74) is 2.48. The van der Waals surface area contributed by atoms with Gasteiger partial charge in [-0.15, -0.1) is 0 Å². The first kappa shape index (κ1) is 14.5. The Kier molecular flexibility index (Phi) is 5.80. The standard InChI is InChI=1S/C16H27N3/c1-3-9-17-11-15-7-8-16(18-12-15)13-19-10-5-4-6-14(19)2/h7-8,12,14,17H,3-6,9-11,13H2,1-2H3. The highest BCUT2D eigenvalue weighted by Gasteiger charge is 2.18. The Morgan fingerprint density at radius 3 is 2.95 bits per heavy atom. The highest BCUT2D eigenvalue weighted by molar-refractivity contribution is 5.14. The number of rotatable bonds is 6. The van der Waals surface area contributed by atoms with E-state index in [2.05, 4.69) is 41.2 Å². The van der Waals surface area contributed by atoms with Gasteiger partial charge in [-0.1, -0.05) is 19.4 Å². The molecular formula is C16H27N3. The average Bonchev–Trinajstić information content (AvgIpc) is 2.44. The maximum Gasteiger partial charge on any atom is 0.0544 e. The molecule has 0 radical (unpaired) electrons. The fourth-order valence-electron chi connectivity index (χ4n) is 2.66. The van der Waals surface area contributed by atoms with Crippen molar-refractivity contribution < 1.29 is 0 Å². The zero-order valence-corrected chi connectivity index (χ0v) is 12.4. The summed E-state index contributed by atoms with van der Waals surface area (Å²) in [5.74, 6) is 0. The highest BCUT2D eigenvalue weighted by atomic mass is 15.2. The molecule has 1 N–H and O–H groups in total. The Morgan fingerprint density at radius 2 is 2.26 bits per heavy atom. The molecule has 0 bridgehead atoms. The SMILES string of the molecule is CCCNCc1ccc(CN2CCCCC2C)nc1. The van der Waals surface area contributed by atoms with Gasteiger partial charge in [-0.05, 0) is 50.9 Å². The van der Waals surface area contributed by atoms with E-state index in [1.54, 1.807) is 0 Å². The van der Waals surface area contributed by atoms with Gasteiger partial charge in [0.2, 0.25) is 0 Å². The maximum absolute atomic E-state index is 4.60. The molecule has 3 nitrogen and oxygen atoms in total. The molecule has 2 rings (SSSR count). The second-order valence-electron chi connectivity index (χ2n) is 5.65. The molecule has 0 saturated carbocycles. The monoisotopic (exact) mass is 261 g/mol. The Hall–Kier alpha value is -0.930. The van der Waals surface area contributed by atoms with E-state index in [0.717, 1.165) is 19.6 Å². The molecule has 0 amide bonds. The molecule has 1 fully saturated rings. The lowest BCUT2D eigenvalue weighted by molar-refractivity contribution is 0.151. The number of pyridine rings is 1. The topological polar surface area (TPSA) is 28.2 Å². The van der Waals surface area contributed by atoms with Gasteiger partial charge in [-0.25, -0.2) is 0 Å². The van der Waals surface area contributed by atoms with Gasteiger partial charge in [0.1, 0.15) is 0 Å². The molecule has 19 heavy (non-hydrogen) atoms. The largest absolute Gasteiger partial charge is 0.313 e. The van der Waals surface area contributed by atoms with Crippen molar-refractivity contribution >= 4 is 0 Å². The summed E-state index contributed by atoms with van der Waals surface area (Å²) in [4.78, 5) is 7.16. The number of nitrogens with one attached hydrogen (secondary N) is 1. The molecule has 106 valence electrons. The van der Waals surface area contributed by atoms with Crippen LogP contribution in [-0.4, -0.2) is 29.0 Å². The normalized spacial score (nSPS) is 20.6. The molecule has 1 aromatic heterocycles. The summed E-state index contributed by atoms with van der Waals surface area (Å²) in [6.07, 6.45) is 7.25. The Balaban J connectivity index is 1.84. The summed E-state index contributed by atoms with van der Waals surface area (Å²) >= 11 is 0. The number of aromatic nitrogens is 1. The lowest BCUT2D eigenvalue weighted by atomic mass is 10.0. The fraction of sp³-hybridized carbons (Fsp3) is 0.688. The van der Waals surface area contributed by atoms with Gasteiger partial charge in [0.25, 0.3) is 0 Å². The number of likely N-dealkylation sites (tertiary alicyclic amines) is 1. The van der Waals surface area contributed by atoms with Crippen LogP contribution < -0.4 is 5.32 Å². The van der Waals surface area contributed by atoms with Crippen LogP contribution in [0.15, 0.2) is 18.3 Å². The Bertz CT molecular complexity index is 361. The van der Waals surface area contributed by atoms with Crippen LogP contribution in [-0.2, 0) is 13.1 Å². The van der Waals surface area contributed by atoms with Crippen LogP contribution in [0.4, 0.5) is 0 Å². The second-order valence-corrected chi connectivity index (χ2v) is 5.65. The third kappa shape index (κ3) is 4.59. The predicted molar refractivity (Wildman–Crippen MR) is 80.0 cm³/mol. The van der Waals surface area contributed by atoms with E-state index in [-0.39, 0.29) is 0 Å². The van der Waals surface area contributed by atoms with Crippen molar-refractivity contribution in [1.29, 1.82) is 0 Å². The minimum absolute atomic E-state index is 0.710. The van der Waals surface area contributed by atoms with Crippen LogP contribution in [0.2, 0.25) is 0 Å². The lowest BCUT2D eigenvalue weighted by Gasteiger charge is -2.32. The molecule has 1 aliphatic rings. The molecule has 1 saturated heterocycles. The molecule has 0 aromatic carbocycles. The van der Waals surface area contributed by atoms with Gasteiger partial charge >= 0.3 is 0 Å². The molecule has 0 aliphatic carbocycles. The van der Waals surface area contributed by atoms with Crippen molar-refractivity contribution in [2.24, 2.45) is 0 Å². The summed E-state index contributed by atoms with van der Waals surface area (Å²) < 4.78 is 0. The van der Waals surface area contributed by atoms with Gasteiger partial charge < -0.3 is 5.32 Å². The maximum atomic E-state index is 4.60. The van der Waals surface area contributed by atoms with E-state index in [9.17, 15) is 0 Å². The minimum Gasteiger partial charge on any atom is -0.313 e. The van der Waals surface area contributed by atoms with Crippen molar-refractivity contribution in [2.45, 2.75) is 58.7 Å². The highest BCUT2D eigenvalue weighted by Crippen LogP contribution is 2.18. The predicted octanol–water partition coefficient (Wildman–Crippen LogP) is 2.96. The van der Waals surface area contributed by atoms with E-state index >= 15 is 0 Å². The molecule has 1 aliphatic heterocycles. The van der Waals surface area contributed by atoms with Crippen LogP contribution in [0.25, 0.3) is 0 Å². The van der Waals surface area contributed by atoms with Crippen LogP contribution in [0.1, 0.15) is 50.8 Å². The van der Waals surface area contributed by atoms with Crippen molar-refractivity contribution in [3.63, 3.8) is 0 Å². The quantitative estimate of drug-likeness (QED) is 0.798. The van der Waals surface area contributed by atoms with Gasteiger partial charge in [0.15, 0.2) is 0 Å². The van der Waals surface area contributed by atoms with E-state index in [1.165, 1.54) is 43.5 Å². The zero-order valence-electron chi connectivity index (χ0n) is 12.4. The summed E-state index contributed by atoms with van der Waals surface area (Å²) in [7, 11) is 0. The number of nitrogens with zero attached hydrogens (tertiary/aromatic N) is 2. The van der Waals surface area contributed by atoms with Crippen molar-refractivity contribution in [1.82, 2.24) is 15.2 Å². The van der Waals surface area contributed by atoms with E-state index in [4.69, 9.17) is 0 Å². The third-order valence-electron chi connectivity index (χ3n) is 3.95. The van der Waals surface area contributed by atoms with E-state index in [1.807, 2.05) is 6.20 Å². The fourth-order valence-corrected chi connectivity index (χ4v) is 2.66. The first-order valence-corrected chi connectivity index (χ1v) is 7.68. The second kappa shape index (κ2) is 7.61. The number of hydrogen-bond acceptors (Lipinski definition) is 3. The Labute approximate surface area is 117 Å². The van der Waals surface area contributed by atoms with Gasteiger partial charge in [0.05, 0.1) is 5.69 Å². The van der Waals surface area contributed by atoms with Crippen LogP contribution in [0, 0.1) is 0 Å². The van der Waals surface area contributed by atoms with E-state index < -0.39 is 0 Å². The van der Waals surface area contributed by atoms with Crippen LogP contribution in [0.3, 0.4) is 0 Å². The van der Waals surface area contributed by atoms with Gasteiger partial charge in [-0.2, -0.15) is 0 Å². The third-order valence-corrected chi connectivity index (χ3v) is 3.95. The van der Waals surface area contributed by atoms with Crippen molar-refractivity contribution in [2.75, 3.05) is 13.1 Å². The zero-order chi connectivity index (χ0) is 13.5. The van der Waals surface area contributed by atoms with Gasteiger partial charge in [0, 0.05) is 25.3 Å². The first-order chi connectivity index (χ1) is 9.29. The molecular weight excluding hydrogens is 234 g/mol. The molecule has 1 unspecified atom stereocenters.